The Morgan fingerprint density at radius 2 is 1.67 bits per heavy atom. The molecule has 180 valence electrons. The van der Waals surface area contributed by atoms with Crippen molar-refractivity contribution in [2.24, 2.45) is 5.41 Å². The summed E-state index contributed by atoms with van der Waals surface area (Å²) >= 11 is 0. The van der Waals surface area contributed by atoms with E-state index in [1.807, 2.05) is 30.0 Å². The highest BCUT2D eigenvalue weighted by Crippen LogP contribution is 2.61. The van der Waals surface area contributed by atoms with Crippen LogP contribution >= 0.6 is 0 Å². The molecule has 36 heavy (non-hydrogen) atoms. The van der Waals surface area contributed by atoms with E-state index in [1.165, 1.54) is 19.1 Å². The Labute approximate surface area is 208 Å². The molecule has 0 amide bonds. The van der Waals surface area contributed by atoms with Crippen LogP contribution < -0.4 is 9.64 Å². The lowest BCUT2D eigenvalue weighted by Gasteiger charge is -2.37. The van der Waals surface area contributed by atoms with Crippen molar-refractivity contribution < 1.29 is 23.5 Å². The van der Waals surface area contributed by atoms with Crippen molar-refractivity contribution in [1.29, 1.82) is 0 Å². The van der Waals surface area contributed by atoms with Gasteiger partial charge in [0.1, 0.15) is 17.0 Å². The first-order valence-electron chi connectivity index (χ1n) is 12.1. The highest BCUT2D eigenvalue weighted by Gasteiger charge is 2.71. The van der Waals surface area contributed by atoms with Crippen LogP contribution in [0.2, 0.25) is 0 Å². The molecule has 0 bridgehead atoms. The fourth-order valence-corrected chi connectivity index (χ4v) is 6.47. The predicted molar refractivity (Wildman–Crippen MR) is 134 cm³/mol. The molecule has 3 aromatic carbocycles. The summed E-state index contributed by atoms with van der Waals surface area (Å²) in [6.45, 7) is 3.73. The van der Waals surface area contributed by atoms with Gasteiger partial charge in [-0.3, -0.25) is 14.4 Å². The second-order valence-electron chi connectivity index (χ2n) is 9.49. The van der Waals surface area contributed by atoms with E-state index >= 15 is 0 Å². The van der Waals surface area contributed by atoms with E-state index in [1.54, 1.807) is 48.6 Å². The minimum Gasteiger partial charge on any atom is -0.494 e. The summed E-state index contributed by atoms with van der Waals surface area (Å²) in [4.78, 5) is 44.1. The number of hydrogen-bond acceptors (Lipinski definition) is 5. The summed E-state index contributed by atoms with van der Waals surface area (Å²) in [5.74, 6) is -1.45. The van der Waals surface area contributed by atoms with Crippen molar-refractivity contribution in [3.63, 3.8) is 0 Å². The van der Waals surface area contributed by atoms with Gasteiger partial charge in [0.25, 0.3) is 0 Å². The molecule has 2 aliphatic heterocycles. The molecule has 0 saturated carbocycles. The lowest BCUT2D eigenvalue weighted by molar-refractivity contribution is -0.118. The first kappa shape index (κ1) is 22.4. The van der Waals surface area contributed by atoms with Gasteiger partial charge in [0.05, 0.1) is 18.7 Å². The smallest absolute Gasteiger partial charge is 0.180 e. The summed E-state index contributed by atoms with van der Waals surface area (Å²) in [6, 6.07) is 17.0. The van der Waals surface area contributed by atoms with Crippen LogP contribution in [-0.4, -0.2) is 36.0 Å². The van der Waals surface area contributed by atoms with E-state index in [-0.39, 0.29) is 17.3 Å². The number of fused-ring (bicyclic) bond motifs is 5. The maximum Gasteiger partial charge on any atom is 0.180 e. The molecule has 0 N–H and O–H groups in total. The number of ketones is 3. The van der Waals surface area contributed by atoms with E-state index in [0.29, 0.717) is 40.3 Å². The third-order valence-electron chi connectivity index (χ3n) is 7.74. The molecule has 3 aliphatic rings. The Morgan fingerprint density at radius 3 is 2.33 bits per heavy atom. The van der Waals surface area contributed by atoms with E-state index in [2.05, 4.69) is 0 Å². The van der Waals surface area contributed by atoms with Gasteiger partial charge in [-0.05, 0) is 38.1 Å². The minimum atomic E-state index is -1.57. The molecule has 0 radical (unpaired) electrons. The van der Waals surface area contributed by atoms with Crippen LogP contribution in [-0.2, 0) is 4.79 Å². The van der Waals surface area contributed by atoms with Gasteiger partial charge >= 0.3 is 0 Å². The normalized spacial score (nSPS) is 23.0. The van der Waals surface area contributed by atoms with E-state index in [9.17, 15) is 18.8 Å². The number of anilines is 1. The van der Waals surface area contributed by atoms with Crippen molar-refractivity contribution in [3.8, 4) is 5.75 Å². The largest absolute Gasteiger partial charge is 0.494 e. The molecule has 1 aliphatic carbocycles. The average Bonchev–Trinajstić information content (AvgIpc) is 3.31. The fraction of sp³-hybridized carbons (Fsp3) is 0.233. The number of benzene rings is 3. The van der Waals surface area contributed by atoms with Crippen molar-refractivity contribution in [3.05, 3.63) is 101 Å². The van der Waals surface area contributed by atoms with E-state index < -0.39 is 29.2 Å². The Morgan fingerprint density at radius 1 is 1.00 bits per heavy atom. The SMILES string of the molecule is CCOc1ccccc1[C@H]1[C@H](C(C)=O)N2c3ccc(F)cc3C=C[C@H]2C12C(=O)c1ccccc1C2=O. The van der Waals surface area contributed by atoms with E-state index in [0.717, 1.165) is 0 Å². The molecule has 5 nitrogen and oxygen atoms in total. The monoisotopic (exact) mass is 481 g/mol. The van der Waals surface area contributed by atoms with Crippen LogP contribution in [0.3, 0.4) is 0 Å². The van der Waals surface area contributed by atoms with Gasteiger partial charge in [0.2, 0.25) is 0 Å². The van der Waals surface area contributed by atoms with Crippen molar-refractivity contribution in [2.75, 3.05) is 11.5 Å². The topological polar surface area (TPSA) is 63.7 Å². The summed E-state index contributed by atoms with van der Waals surface area (Å²) in [5, 5.41) is 0. The number of carbonyl (C=O) groups excluding carboxylic acids is 3. The molecule has 0 aromatic heterocycles. The predicted octanol–water partition coefficient (Wildman–Crippen LogP) is 5.25. The number of rotatable bonds is 4. The fourth-order valence-electron chi connectivity index (χ4n) is 6.47. The lowest BCUT2D eigenvalue weighted by Crippen LogP contribution is -2.48. The van der Waals surface area contributed by atoms with Crippen LogP contribution in [0.4, 0.5) is 10.1 Å². The highest BCUT2D eigenvalue weighted by atomic mass is 19.1. The zero-order valence-electron chi connectivity index (χ0n) is 19.9. The quantitative estimate of drug-likeness (QED) is 0.477. The standard InChI is InChI=1S/C30H24FNO4/c1-3-36-24-11-7-6-10-22(24)26-27(17(2)33)32-23-14-13-19(31)16-18(23)12-15-25(32)30(26)28(34)20-8-4-5-9-21(20)29(30)35/h4-16,25-27H,3H2,1-2H3/t25-,26-,27-/m0/s1. The average molecular weight is 482 g/mol. The molecule has 0 unspecified atom stereocenters. The molecule has 3 aromatic rings. The Bertz CT molecular complexity index is 1440. The highest BCUT2D eigenvalue weighted by molar-refractivity contribution is 6.32. The third-order valence-corrected chi connectivity index (χ3v) is 7.74. The number of halogens is 1. The maximum absolute atomic E-state index is 14.4. The Kier molecular flexibility index (Phi) is 4.97. The zero-order chi connectivity index (χ0) is 25.2. The molecule has 6 rings (SSSR count). The number of carbonyl (C=O) groups is 3. The minimum absolute atomic E-state index is 0.185. The molecule has 1 spiro atoms. The molecular formula is C30H24FNO4. The molecule has 6 heteroatoms. The van der Waals surface area contributed by atoms with Crippen molar-refractivity contribution in [1.82, 2.24) is 0 Å². The van der Waals surface area contributed by atoms with Crippen LogP contribution in [0.25, 0.3) is 6.08 Å². The van der Waals surface area contributed by atoms with Crippen LogP contribution in [0.1, 0.15) is 51.6 Å². The third kappa shape index (κ3) is 2.78. The zero-order valence-corrected chi connectivity index (χ0v) is 19.9. The molecule has 2 heterocycles. The number of hydrogen-bond donors (Lipinski definition) is 0. The first-order valence-corrected chi connectivity index (χ1v) is 12.1. The lowest BCUT2D eigenvalue weighted by atomic mass is 9.64. The summed E-state index contributed by atoms with van der Waals surface area (Å²) in [5.41, 5.74) is 1.02. The second-order valence-corrected chi connectivity index (χ2v) is 9.49. The second kappa shape index (κ2) is 7.98. The summed E-state index contributed by atoms with van der Waals surface area (Å²) in [7, 11) is 0. The Balaban J connectivity index is 1.69. The maximum atomic E-state index is 14.4. The number of para-hydroxylation sites is 1. The summed E-state index contributed by atoms with van der Waals surface area (Å²) < 4.78 is 20.1. The molecule has 1 saturated heterocycles. The Hall–Kier alpha value is -4.06. The number of nitrogens with zero attached hydrogens (tertiary/aromatic N) is 1. The van der Waals surface area contributed by atoms with Gasteiger partial charge < -0.3 is 9.64 Å². The first-order chi connectivity index (χ1) is 17.4. The van der Waals surface area contributed by atoms with Gasteiger partial charge in [0.15, 0.2) is 17.3 Å². The van der Waals surface area contributed by atoms with Crippen molar-refractivity contribution >= 4 is 29.1 Å². The number of ether oxygens (including phenoxy) is 1. The van der Waals surface area contributed by atoms with Gasteiger partial charge in [-0.2, -0.15) is 0 Å². The van der Waals surface area contributed by atoms with Gasteiger partial charge in [-0.15, -0.1) is 0 Å². The number of Topliss-reactive ketones (excluding diaryl/α,β-unsaturated/α-hetero) is 3. The van der Waals surface area contributed by atoms with Gasteiger partial charge in [0, 0.05) is 33.9 Å². The summed E-state index contributed by atoms with van der Waals surface area (Å²) in [6.07, 6.45) is 3.53. The van der Waals surface area contributed by atoms with Gasteiger partial charge in [-0.1, -0.05) is 54.6 Å². The van der Waals surface area contributed by atoms with E-state index in [4.69, 9.17) is 4.74 Å². The van der Waals surface area contributed by atoms with Crippen LogP contribution in [0.15, 0.2) is 72.8 Å². The van der Waals surface area contributed by atoms with Crippen LogP contribution in [0.5, 0.6) is 5.75 Å². The van der Waals surface area contributed by atoms with Crippen LogP contribution in [0, 0.1) is 11.2 Å². The van der Waals surface area contributed by atoms with Crippen molar-refractivity contribution in [2.45, 2.75) is 31.8 Å². The molecular weight excluding hydrogens is 457 g/mol. The van der Waals surface area contributed by atoms with Gasteiger partial charge in [-0.25, -0.2) is 4.39 Å². The molecule has 3 atom stereocenters. The molecule has 1 fully saturated rings.